The molecule has 26 heavy (non-hydrogen) atoms. The summed E-state index contributed by atoms with van der Waals surface area (Å²) in [4.78, 5) is 0.00332. The average molecular weight is 385 g/mol. The first-order valence-corrected chi connectivity index (χ1v) is 9.01. The van der Waals surface area contributed by atoms with Gasteiger partial charge < -0.3 is 5.11 Å². The van der Waals surface area contributed by atoms with Gasteiger partial charge in [0.25, 0.3) is 10.0 Å². The van der Waals surface area contributed by atoms with E-state index < -0.39 is 21.8 Å². The van der Waals surface area contributed by atoms with E-state index >= 15 is 0 Å². The van der Waals surface area contributed by atoms with Gasteiger partial charge in [-0.2, -0.15) is 13.2 Å². The first-order valence-electron chi connectivity index (χ1n) is 7.57. The quantitative estimate of drug-likeness (QED) is 0.851. The third kappa shape index (κ3) is 4.25. The zero-order valence-corrected chi connectivity index (χ0v) is 14.9. The molecule has 4 nitrogen and oxygen atoms in total. The van der Waals surface area contributed by atoms with Crippen molar-refractivity contribution in [2.24, 2.45) is 0 Å². The van der Waals surface area contributed by atoms with Crippen molar-refractivity contribution in [3.05, 3.63) is 66.2 Å². The molecule has 0 radical (unpaired) electrons. The fraction of sp³-hybridized carbons (Fsp3) is 0.222. The third-order valence-corrected chi connectivity index (χ3v) is 5.63. The molecule has 0 saturated heterocycles. The molecular weight excluding hydrogens is 367 g/mol. The van der Waals surface area contributed by atoms with Crippen molar-refractivity contribution in [1.82, 2.24) is 0 Å². The average Bonchev–Trinajstić information content (AvgIpc) is 2.59. The topological polar surface area (TPSA) is 57.6 Å². The molecule has 140 valence electrons. The summed E-state index contributed by atoms with van der Waals surface area (Å²) in [6.07, 6.45) is -3.09. The van der Waals surface area contributed by atoms with Gasteiger partial charge in [0.1, 0.15) is 0 Å². The van der Waals surface area contributed by atoms with Gasteiger partial charge >= 0.3 is 6.18 Å². The van der Waals surface area contributed by atoms with E-state index in [1.54, 1.807) is 30.3 Å². The Morgan fingerprint density at radius 3 is 2.04 bits per heavy atom. The van der Waals surface area contributed by atoms with Gasteiger partial charge in [0.05, 0.1) is 10.6 Å². The molecule has 0 aliphatic heterocycles. The highest BCUT2D eigenvalue weighted by atomic mass is 32.2. The highest BCUT2D eigenvalue weighted by molar-refractivity contribution is 7.92. The first kappa shape index (κ1) is 20.0. The Morgan fingerprint density at radius 2 is 1.54 bits per heavy atom. The van der Waals surface area contributed by atoms with Gasteiger partial charge in [-0.25, -0.2) is 8.42 Å². The number of hydrogen-bond acceptors (Lipinski definition) is 3. The second-order valence-corrected chi connectivity index (χ2v) is 7.82. The molecular formula is C18H18F3NO3S. The van der Waals surface area contributed by atoms with Crippen LogP contribution in [0.2, 0.25) is 0 Å². The Hall–Kier alpha value is -2.32. The van der Waals surface area contributed by atoms with Gasteiger partial charge in [0, 0.05) is 7.05 Å². The van der Waals surface area contributed by atoms with Crippen molar-refractivity contribution in [3.63, 3.8) is 0 Å². The summed E-state index contributed by atoms with van der Waals surface area (Å²) in [6, 6.07) is 13.8. The van der Waals surface area contributed by atoms with Crippen LogP contribution in [0.15, 0.2) is 65.6 Å². The van der Waals surface area contributed by atoms with Crippen LogP contribution >= 0.6 is 0 Å². The molecule has 1 unspecified atom stereocenters. The van der Waals surface area contributed by atoms with E-state index in [2.05, 4.69) is 0 Å². The van der Waals surface area contributed by atoms with Crippen molar-refractivity contribution >= 4 is 21.8 Å². The van der Waals surface area contributed by atoms with Crippen LogP contribution in [-0.4, -0.2) is 32.3 Å². The Labute approximate surface area is 150 Å². The third-order valence-electron chi connectivity index (χ3n) is 3.83. The minimum atomic E-state index is -4.80. The van der Waals surface area contributed by atoms with E-state index in [-0.39, 0.29) is 4.90 Å². The molecule has 0 aliphatic rings. The van der Waals surface area contributed by atoms with Gasteiger partial charge in [0.2, 0.25) is 0 Å². The Morgan fingerprint density at radius 1 is 1.00 bits per heavy atom. The van der Waals surface area contributed by atoms with Gasteiger partial charge in [-0.1, -0.05) is 36.4 Å². The Bertz CT molecular complexity index is 874. The molecule has 2 aromatic rings. The maximum absolute atomic E-state index is 12.6. The second-order valence-electron chi connectivity index (χ2n) is 5.86. The van der Waals surface area contributed by atoms with Gasteiger partial charge in [0.15, 0.2) is 5.60 Å². The number of halogens is 3. The zero-order chi connectivity index (χ0) is 19.6. The lowest BCUT2D eigenvalue weighted by Gasteiger charge is -2.22. The van der Waals surface area contributed by atoms with Crippen LogP contribution in [-0.2, 0) is 10.0 Å². The molecule has 8 heteroatoms. The Balaban J connectivity index is 2.24. The van der Waals surface area contributed by atoms with Gasteiger partial charge in [-0.15, -0.1) is 0 Å². The number of nitrogens with zero attached hydrogens (tertiary/aromatic N) is 1. The summed E-state index contributed by atoms with van der Waals surface area (Å²) in [5.74, 6) is 0. The number of para-hydroxylation sites is 1. The van der Waals surface area contributed by atoms with E-state index in [0.29, 0.717) is 24.3 Å². The highest BCUT2D eigenvalue weighted by Gasteiger charge is 2.47. The lowest BCUT2D eigenvalue weighted by molar-refractivity contribution is -0.232. The molecule has 0 amide bonds. The van der Waals surface area contributed by atoms with Crippen molar-refractivity contribution in [2.45, 2.75) is 23.6 Å². The van der Waals surface area contributed by atoms with Crippen molar-refractivity contribution < 1.29 is 26.7 Å². The van der Waals surface area contributed by atoms with Gasteiger partial charge in [-0.3, -0.25) is 4.31 Å². The molecule has 1 N–H and O–H groups in total. The van der Waals surface area contributed by atoms with Crippen LogP contribution in [0.25, 0.3) is 6.08 Å². The summed E-state index contributed by atoms with van der Waals surface area (Å²) in [7, 11) is -2.38. The first-order chi connectivity index (χ1) is 11.9. The van der Waals surface area contributed by atoms with Crippen LogP contribution in [0, 0.1) is 0 Å². The van der Waals surface area contributed by atoms with Crippen LogP contribution in [0.5, 0.6) is 0 Å². The van der Waals surface area contributed by atoms with Crippen LogP contribution in [0.4, 0.5) is 18.9 Å². The second kappa shape index (κ2) is 7.13. The minimum Gasteiger partial charge on any atom is -0.377 e. The molecule has 0 fully saturated rings. The SMILES string of the molecule is CN(c1ccccc1)S(=O)(=O)c1ccc(C=CC(C)(O)C(F)(F)F)cc1. The molecule has 0 saturated carbocycles. The lowest BCUT2D eigenvalue weighted by Crippen LogP contribution is -2.39. The molecule has 2 rings (SSSR count). The predicted molar refractivity (Wildman–Crippen MR) is 94.2 cm³/mol. The van der Waals surface area contributed by atoms with Crippen molar-refractivity contribution in [1.29, 1.82) is 0 Å². The van der Waals surface area contributed by atoms with E-state index in [0.717, 1.165) is 10.4 Å². The number of benzene rings is 2. The molecule has 0 spiro atoms. The standard InChI is InChI=1S/C18H18F3NO3S/c1-17(23,18(19,20)21)13-12-14-8-10-16(11-9-14)26(24,25)22(2)15-6-4-3-5-7-15/h3-13,23H,1-2H3. The van der Waals surface area contributed by atoms with Crippen molar-refractivity contribution in [3.8, 4) is 0 Å². The fourth-order valence-corrected chi connectivity index (χ4v) is 3.23. The molecule has 0 aromatic heterocycles. The largest absolute Gasteiger partial charge is 0.420 e. The molecule has 2 aromatic carbocycles. The smallest absolute Gasteiger partial charge is 0.377 e. The summed E-state index contributed by atoms with van der Waals surface area (Å²) in [5, 5.41) is 9.38. The van der Waals surface area contributed by atoms with Crippen LogP contribution in [0.3, 0.4) is 0 Å². The summed E-state index contributed by atoms with van der Waals surface area (Å²) >= 11 is 0. The predicted octanol–water partition coefficient (Wildman–Crippen LogP) is 3.84. The zero-order valence-electron chi connectivity index (χ0n) is 14.1. The van der Waals surface area contributed by atoms with Crippen molar-refractivity contribution in [2.75, 3.05) is 11.4 Å². The van der Waals surface area contributed by atoms with Gasteiger partial charge in [-0.05, 0) is 42.8 Å². The molecule has 0 bridgehead atoms. The summed E-state index contributed by atoms with van der Waals surface area (Å²) in [6.45, 7) is 0.636. The van der Waals surface area contributed by atoms with E-state index in [1.807, 2.05) is 0 Å². The highest BCUT2D eigenvalue weighted by Crippen LogP contribution is 2.31. The molecule has 0 heterocycles. The summed E-state index contributed by atoms with van der Waals surface area (Å²) < 4.78 is 64.2. The van der Waals surface area contributed by atoms with E-state index in [4.69, 9.17) is 0 Å². The number of sulfonamides is 1. The number of hydrogen-bond donors (Lipinski definition) is 1. The molecule has 0 aliphatic carbocycles. The van der Waals surface area contributed by atoms with Crippen LogP contribution in [0.1, 0.15) is 12.5 Å². The van der Waals surface area contributed by atoms with E-state index in [9.17, 15) is 26.7 Å². The van der Waals surface area contributed by atoms with E-state index in [1.165, 1.54) is 31.3 Å². The normalized spacial score (nSPS) is 15.0. The monoisotopic (exact) mass is 385 g/mol. The number of aliphatic hydroxyl groups is 1. The maximum Gasteiger partial charge on any atom is 0.420 e. The number of rotatable bonds is 5. The molecule has 1 atom stereocenters. The lowest BCUT2D eigenvalue weighted by atomic mass is 10.0. The minimum absolute atomic E-state index is 0.00332. The van der Waals surface area contributed by atoms with Crippen LogP contribution < -0.4 is 4.31 Å². The maximum atomic E-state index is 12.6. The number of alkyl halides is 3. The fourth-order valence-electron chi connectivity index (χ4n) is 2.04. The number of anilines is 1. The Kier molecular flexibility index (Phi) is 5.48. The summed E-state index contributed by atoms with van der Waals surface area (Å²) in [5.41, 5.74) is -2.15.